The van der Waals surface area contributed by atoms with Crippen molar-refractivity contribution in [3.63, 3.8) is 0 Å². The van der Waals surface area contributed by atoms with Crippen molar-refractivity contribution in [2.24, 2.45) is 0 Å². The molecule has 0 spiro atoms. The molecule has 0 saturated heterocycles. The molecular formula is C19H19N5O2. The Bertz CT molecular complexity index is 923. The van der Waals surface area contributed by atoms with Crippen LogP contribution in [0.5, 0.6) is 5.75 Å². The highest BCUT2D eigenvalue weighted by Gasteiger charge is 2.28. The minimum atomic E-state index is -0.101. The molecule has 0 aliphatic carbocycles. The summed E-state index contributed by atoms with van der Waals surface area (Å²) in [6.45, 7) is 1.48. The van der Waals surface area contributed by atoms with Crippen molar-refractivity contribution >= 4 is 17.5 Å². The first-order valence-corrected chi connectivity index (χ1v) is 8.46. The van der Waals surface area contributed by atoms with Crippen molar-refractivity contribution in [1.29, 1.82) is 0 Å². The number of rotatable bonds is 5. The number of carbonyl (C=O) groups is 1. The maximum Gasteiger partial charge on any atom is 0.277 e. The van der Waals surface area contributed by atoms with Gasteiger partial charge in [-0.25, -0.2) is 4.98 Å². The molecule has 1 amide bonds. The summed E-state index contributed by atoms with van der Waals surface area (Å²) < 4.78 is 7.47. The number of hydrogen-bond donors (Lipinski definition) is 1. The lowest BCUT2D eigenvalue weighted by molar-refractivity contribution is 0.0961. The van der Waals surface area contributed by atoms with Gasteiger partial charge in [-0.2, -0.15) is 5.10 Å². The minimum absolute atomic E-state index is 0.101. The van der Waals surface area contributed by atoms with Crippen molar-refractivity contribution in [3.05, 3.63) is 66.0 Å². The van der Waals surface area contributed by atoms with Gasteiger partial charge in [-0.1, -0.05) is 24.3 Å². The number of pyridine rings is 1. The Morgan fingerprint density at radius 3 is 2.77 bits per heavy atom. The van der Waals surface area contributed by atoms with E-state index in [4.69, 9.17) is 4.74 Å². The Hall–Kier alpha value is -3.35. The average Bonchev–Trinajstić information content (AvgIpc) is 3.12. The van der Waals surface area contributed by atoms with Gasteiger partial charge in [0.25, 0.3) is 5.91 Å². The number of carbonyl (C=O) groups excluding carboxylic acids is 1. The third-order valence-corrected chi connectivity index (χ3v) is 4.23. The summed E-state index contributed by atoms with van der Waals surface area (Å²) in [4.78, 5) is 19.0. The van der Waals surface area contributed by atoms with Crippen LogP contribution in [0.2, 0.25) is 0 Å². The minimum Gasteiger partial charge on any atom is -0.487 e. The van der Waals surface area contributed by atoms with Gasteiger partial charge in [0, 0.05) is 13.6 Å². The standard InChI is InChI=1S/C19H19N5O2/c1-20-17-8-5-9-18(21-17)23-10-11-24-16(19(23)25)12-14(22-24)13-26-15-6-3-2-4-7-15/h2-9,12H,10-11,13H2,1H3,(H,20,21). The molecule has 0 saturated carbocycles. The molecule has 0 unspecified atom stereocenters. The molecule has 0 bridgehead atoms. The summed E-state index contributed by atoms with van der Waals surface area (Å²) >= 11 is 0. The number of para-hydroxylation sites is 1. The fourth-order valence-corrected chi connectivity index (χ4v) is 2.92. The highest BCUT2D eigenvalue weighted by molar-refractivity contribution is 6.05. The number of hydrogen-bond acceptors (Lipinski definition) is 5. The lowest BCUT2D eigenvalue weighted by Gasteiger charge is -2.26. The molecule has 132 valence electrons. The molecule has 7 nitrogen and oxygen atoms in total. The Kier molecular flexibility index (Phi) is 4.27. The van der Waals surface area contributed by atoms with Crippen LogP contribution < -0.4 is 15.0 Å². The zero-order chi connectivity index (χ0) is 17.9. The second-order valence-corrected chi connectivity index (χ2v) is 5.93. The zero-order valence-electron chi connectivity index (χ0n) is 14.4. The van der Waals surface area contributed by atoms with E-state index in [1.54, 1.807) is 22.7 Å². The van der Waals surface area contributed by atoms with Gasteiger partial charge >= 0.3 is 0 Å². The molecule has 0 fully saturated rings. The quantitative estimate of drug-likeness (QED) is 0.766. The second-order valence-electron chi connectivity index (χ2n) is 5.93. The summed E-state index contributed by atoms with van der Waals surface area (Å²) in [7, 11) is 1.80. The number of nitrogens with one attached hydrogen (secondary N) is 1. The van der Waals surface area contributed by atoms with Crippen LogP contribution in [0.1, 0.15) is 16.2 Å². The van der Waals surface area contributed by atoms with E-state index in [9.17, 15) is 4.79 Å². The van der Waals surface area contributed by atoms with Gasteiger partial charge in [-0.15, -0.1) is 0 Å². The largest absolute Gasteiger partial charge is 0.487 e. The van der Waals surface area contributed by atoms with Crippen molar-refractivity contribution in [2.75, 3.05) is 23.8 Å². The molecular weight excluding hydrogens is 330 g/mol. The van der Waals surface area contributed by atoms with Gasteiger partial charge in [-0.05, 0) is 30.3 Å². The summed E-state index contributed by atoms with van der Waals surface area (Å²) in [5.74, 6) is 2.04. The van der Waals surface area contributed by atoms with E-state index in [1.807, 2.05) is 48.5 Å². The van der Waals surface area contributed by atoms with Gasteiger partial charge in [-0.3, -0.25) is 14.4 Å². The van der Waals surface area contributed by atoms with Crippen molar-refractivity contribution < 1.29 is 9.53 Å². The van der Waals surface area contributed by atoms with Crippen LogP contribution in [0, 0.1) is 0 Å². The summed E-state index contributed by atoms with van der Waals surface area (Å²) in [6, 6.07) is 16.9. The fraction of sp³-hybridized carbons (Fsp3) is 0.211. The van der Waals surface area contributed by atoms with Gasteiger partial charge in [0.2, 0.25) is 0 Å². The molecule has 1 aromatic carbocycles. The van der Waals surface area contributed by atoms with Crippen LogP contribution in [0.3, 0.4) is 0 Å². The van der Waals surface area contributed by atoms with Crippen LogP contribution in [0.25, 0.3) is 0 Å². The lowest BCUT2D eigenvalue weighted by Crippen LogP contribution is -2.41. The summed E-state index contributed by atoms with van der Waals surface area (Å²) in [5, 5.41) is 7.48. The van der Waals surface area contributed by atoms with Crippen molar-refractivity contribution in [3.8, 4) is 5.75 Å². The molecule has 7 heteroatoms. The lowest BCUT2D eigenvalue weighted by atomic mass is 10.2. The molecule has 3 aromatic rings. The predicted octanol–water partition coefficient (Wildman–Crippen LogP) is 2.56. The summed E-state index contributed by atoms with van der Waals surface area (Å²) in [6.07, 6.45) is 0. The van der Waals surface area contributed by atoms with Gasteiger partial charge < -0.3 is 10.1 Å². The second kappa shape index (κ2) is 6.87. The van der Waals surface area contributed by atoms with E-state index >= 15 is 0 Å². The van der Waals surface area contributed by atoms with Crippen molar-refractivity contribution in [1.82, 2.24) is 14.8 Å². The number of amides is 1. The van der Waals surface area contributed by atoms with E-state index in [0.717, 1.165) is 17.3 Å². The zero-order valence-corrected chi connectivity index (χ0v) is 14.4. The molecule has 26 heavy (non-hydrogen) atoms. The van der Waals surface area contributed by atoms with E-state index in [2.05, 4.69) is 15.4 Å². The molecule has 1 aliphatic heterocycles. The summed E-state index contributed by atoms with van der Waals surface area (Å²) in [5.41, 5.74) is 1.29. The monoisotopic (exact) mass is 349 g/mol. The third-order valence-electron chi connectivity index (χ3n) is 4.23. The van der Waals surface area contributed by atoms with Gasteiger partial charge in [0.1, 0.15) is 35.4 Å². The van der Waals surface area contributed by atoms with E-state index < -0.39 is 0 Å². The van der Waals surface area contributed by atoms with Crippen LogP contribution >= 0.6 is 0 Å². The Morgan fingerprint density at radius 2 is 1.96 bits per heavy atom. The molecule has 3 heterocycles. The molecule has 0 atom stereocenters. The SMILES string of the molecule is CNc1cccc(N2CCn3nc(COc4ccccc4)cc3C2=O)n1. The van der Waals surface area contributed by atoms with Gasteiger partial charge in [0.05, 0.1) is 6.54 Å². The topological polar surface area (TPSA) is 72.3 Å². The molecule has 1 aliphatic rings. The van der Waals surface area contributed by atoms with E-state index in [0.29, 0.717) is 31.2 Å². The molecule has 4 rings (SSSR count). The molecule has 0 radical (unpaired) electrons. The number of benzene rings is 1. The molecule has 2 aromatic heterocycles. The van der Waals surface area contributed by atoms with Crippen molar-refractivity contribution in [2.45, 2.75) is 13.2 Å². The van der Waals surface area contributed by atoms with Crippen LogP contribution in [-0.2, 0) is 13.2 Å². The predicted molar refractivity (Wildman–Crippen MR) is 98.5 cm³/mol. The number of nitrogens with zero attached hydrogens (tertiary/aromatic N) is 4. The Balaban J connectivity index is 1.52. The number of anilines is 2. The normalized spacial score (nSPS) is 13.4. The first-order valence-electron chi connectivity index (χ1n) is 8.46. The van der Waals surface area contributed by atoms with Crippen LogP contribution in [-0.4, -0.2) is 34.3 Å². The van der Waals surface area contributed by atoms with E-state index in [-0.39, 0.29) is 5.91 Å². The number of aromatic nitrogens is 3. The maximum absolute atomic E-state index is 12.9. The van der Waals surface area contributed by atoms with Crippen LogP contribution in [0.4, 0.5) is 11.6 Å². The highest BCUT2D eigenvalue weighted by Crippen LogP contribution is 2.21. The smallest absolute Gasteiger partial charge is 0.277 e. The first-order chi connectivity index (χ1) is 12.7. The first kappa shape index (κ1) is 16.1. The number of fused-ring (bicyclic) bond motifs is 1. The van der Waals surface area contributed by atoms with Crippen LogP contribution in [0.15, 0.2) is 54.6 Å². The van der Waals surface area contributed by atoms with Gasteiger partial charge in [0.15, 0.2) is 0 Å². The highest BCUT2D eigenvalue weighted by atomic mass is 16.5. The maximum atomic E-state index is 12.9. The van der Waals surface area contributed by atoms with E-state index in [1.165, 1.54) is 0 Å². The molecule has 1 N–H and O–H groups in total. The Morgan fingerprint density at radius 1 is 1.12 bits per heavy atom. The number of ether oxygens (including phenoxy) is 1. The third kappa shape index (κ3) is 3.11. The Labute approximate surface area is 151 Å². The fourth-order valence-electron chi connectivity index (χ4n) is 2.92. The average molecular weight is 349 g/mol.